The van der Waals surface area contributed by atoms with E-state index < -0.39 is 33.4 Å². The Bertz CT molecular complexity index is 1040. The van der Waals surface area contributed by atoms with Gasteiger partial charge in [0.1, 0.15) is 16.4 Å². The average Bonchev–Trinajstić information content (AvgIpc) is 2.52. The summed E-state index contributed by atoms with van der Waals surface area (Å²) < 4.78 is 67.6. The molecule has 7 nitrogen and oxygen atoms in total. The zero-order chi connectivity index (χ0) is 21.3. The molecule has 2 aromatic carbocycles. The Morgan fingerprint density at radius 3 is 2.14 bits per heavy atom. The number of hydrogen-bond donors (Lipinski definition) is 2. The van der Waals surface area contributed by atoms with Gasteiger partial charge in [0.2, 0.25) is 0 Å². The number of sulfone groups is 1. The lowest BCUT2D eigenvalue weighted by atomic mass is 10.1. The number of aliphatic imine (C=N–C) groups is 1. The van der Waals surface area contributed by atoms with Crippen LogP contribution in [0.25, 0.3) is 0 Å². The van der Waals surface area contributed by atoms with Gasteiger partial charge in [-0.05, 0) is 48.9 Å². The molecule has 28 heavy (non-hydrogen) atoms. The van der Waals surface area contributed by atoms with Crippen LogP contribution in [0.3, 0.4) is 0 Å². The fraction of sp³-hybridized carbons (Fsp3) is 0.176. The van der Waals surface area contributed by atoms with Crippen LogP contribution in [0.2, 0.25) is 0 Å². The number of carbonyl (C=O) groups excluding carboxylic acids is 1. The number of hydrogen-bond acceptors (Lipinski definition) is 4. The molecule has 0 aliphatic rings. The lowest BCUT2D eigenvalue weighted by Crippen LogP contribution is -2.24. The zero-order valence-electron chi connectivity index (χ0n) is 14.7. The topological polar surface area (TPSA) is 125 Å². The molecule has 0 atom stereocenters. The Kier molecular flexibility index (Phi) is 5.69. The molecule has 11 heteroatoms. The minimum absolute atomic E-state index is 0.0133. The van der Waals surface area contributed by atoms with Crippen molar-refractivity contribution in [1.29, 1.82) is 0 Å². The summed E-state index contributed by atoms with van der Waals surface area (Å²) >= 11 is 0. The molecule has 2 rings (SSSR count). The number of benzene rings is 2. The second-order valence-electron chi connectivity index (χ2n) is 5.85. The van der Waals surface area contributed by atoms with Crippen LogP contribution >= 0.6 is 0 Å². The van der Waals surface area contributed by atoms with E-state index in [-0.39, 0.29) is 22.0 Å². The molecule has 0 aromatic heterocycles. The van der Waals surface area contributed by atoms with Crippen molar-refractivity contribution in [3.8, 4) is 11.5 Å². The van der Waals surface area contributed by atoms with E-state index in [0.29, 0.717) is 5.56 Å². The van der Waals surface area contributed by atoms with E-state index in [2.05, 4.69) is 4.99 Å². The van der Waals surface area contributed by atoms with E-state index in [1.165, 1.54) is 13.0 Å². The van der Waals surface area contributed by atoms with Crippen molar-refractivity contribution in [1.82, 2.24) is 0 Å². The molecular weight excluding hydrogens is 399 g/mol. The number of aryl methyl sites for hydroxylation is 1. The van der Waals surface area contributed by atoms with Crippen LogP contribution in [0.5, 0.6) is 11.5 Å². The van der Waals surface area contributed by atoms with Gasteiger partial charge in [-0.1, -0.05) is 0 Å². The van der Waals surface area contributed by atoms with E-state index in [9.17, 15) is 26.4 Å². The van der Waals surface area contributed by atoms with Gasteiger partial charge in [-0.25, -0.2) is 8.42 Å². The highest BCUT2D eigenvalue weighted by atomic mass is 32.2. The minimum atomic E-state index is -4.51. The summed E-state index contributed by atoms with van der Waals surface area (Å²) in [6.07, 6.45) is -3.62. The van der Waals surface area contributed by atoms with Gasteiger partial charge >= 0.3 is 6.18 Å². The van der Waals surface area contributed by atoms with Gasteiger partial charge in [-0.3, -0.25) is 4.79 Å². The highest BCUT2D eigenvalue weighted by Gasteiger charge is 2.30. The van der Waals surface area contributed by atoms with Gasteiger partial charge < -0.3 is 16.2 Å². The van der Waals surface area contributed by atoms with Crippen molar-refractivity contribution < 1.29 is 31.1 Å². The lowest BCUT2D eigenvalue weighted by Gasteiger charge is -2.14. The van der Waals surface area contributed by atoms with Crippen LogP contribution in [0.4, 0.5) is 13.2 Å². The molecule has 0 fully saturated rings. The van der Waals surface area contributed by atoms with E-state index in [1.807, 2.05) is 0 Å². The summed E-state index contributed by atoms with van der Waals surface area (Å²) in [5, 5.41) is 0. The van der Waals surface area contributed by atoms with E-state index in [1.54, 1.807) is 0 Å². The second-order valence-corrected chi connectivity index (χ2v) is 7.84. The molecule has 0 saturated carbocycles. The van der Waals surface area contributed by atoms with Crippen LogP contribution in [0.1, 0.15) is 21.5 Å². The first kappa shape index (κ1) is 21.2. The Morgan fingerprint density at radius 2 is 1.68 bits per heavy atom. The maximum atomic E-state index is 12.6. The Balaban J connectivity index is 2.51. The molecule has 150 valence electrons. The van der Waals surface area contributed by atoms with Crippen LogP contribution in [-0.2, 0) is 16.0 Å². The molecule has 0 aliphatic carbocycles. The minimum Gasteiger partial charge on any atom is -0.456 e. The number of carbonyl (C=O) groups is 1. The number of rotatable bonds is 4. The highest BCUT2D eigenvalue weighted by Crippen LogP contribution is 2.34. The number of halogens is 3. The van der Waals surface area contributed by atoms with Gasteiger partial charge in [-0.2, -0.15) is 18.2 Å². The highest BCUT2D eigenvalue weighted by molar-refractivity contribution is 7.90. The molecule has 0 radical (unpaired) electrons. The van der Waals surface area contributed by atoms with Gasteiger partial charge in [0.05, 0.1) is 5.56 Å². The summed E-state index contributed by atoms with van der Waals surface area (Å²) in [7, 11) is -3.85. The maximum absolute atomic E-state index is 12.6. The smallest absolute Gasteiger partial charge is 0.416 e. The SMILES string of the molecule is Cc1cc(Oc2ccc(C(F)(F)F)cc2)c(S(C)(=O)=O)cc1C(=O)N=C(N)N. The maximum Gasteiger partial charge on any atom is 0.416 e. The van der Waals surface area contributed by atoms with Crippen LogP contribution in [-0.4, -0.2) is 26.5 Å². The number of nitrogens with zero attached hydrogens (tertiary/aromatic N) is 1. The lowest BCUT2D eigenvalue weighted by molar-refractivity contribution is -0.137. The first-order chi connectivity index (χ1) is 12.8. The van der Waals surface area contributed by atoms with E-state index in [0.717, 1.165) is 36.6 Å². The van der Waals surface area contributed by atoms with Gasteiger partial charge in [-0.15, -0.1) is 0 Å². The normalized spacial score (nSPS) is 11.8. The fourth-order valence-corrected chi connectivity index (χ4v) is 3.08. The number of ether oxygens (including phenoxy) is 1. The van der Waals surface area contributed by atoms with Crippen LogP contribution < -0.4 is 16.2 Å². The summed E-state index contributed by atoms with van der Waals surface area (Å²) in [5.74, 6) is -1.50. The summed E-state index contributed by atoms with van der Waals surface area (Å²) in [6, 6.07) is 6.05. The molecule has 0 heterocycles. The fourth-order valence-electron chi connectivity index (χ4n) is 2.28. The largest absolute Gasteiger partial charge is 0.456 e. The van der Waals surface area contributed by atoms with Gasteiger partial charge in [0.15, 0.2) is 15.8 Å². The molecule has 4 N–H and O–H groups in total. The van der Waals surface area contributed by atoms with Gasteiger partial charge in [0.25, 0.3) is 5.91 Å². The zero-order valence-corrected chi connectivity index (χ0v) is 15.6. The Labute approximate surface area is 158 Å². The number of nitrogens with two attached hydrogens (primary N) is 2. The Hall–Kier alpha value is -3.08. The first-order valence-corrected chi connectivity index (χ1v) is 9.52. The third-order valence-electron chi connectivity index (χ3n) is 3.56. The number of amides is 1. The van der Waals surface area contributed by atoms with E-state index >= 15 is 0 Å². The molecule has 0 unspecified atom stereocenters. The summed E-state index contributed by atoms with van der Waals surface area (Å²) in [5.41, 5.74) is 9.70. The molecule has 0 bridgehead atoms. The second kappa shape index (κ2) is 7.50. The number of guanidine groups is 1. The standard InChI is InChI=1S/C17H16F3N3O4S/c1-9-7-13(27-11-5-3-10(4-6-11)17(18,19)20)14(28(2,25)26)8-12(9)15(24)23-16(21)22/h3-8H,1-2H3,(H4,21,22,23,24). The third-order valence-corrected chi connectivity index (χ3v) is 4.68. The monoisotopic (exact) mass is 415 g/mol. The van der Waals surface area contributed by atoms with Crippen molar-refractivity contribution in [3.63, 3.8) is 0 Å². The van der Waals surface area contributed by atoms with E-state index in [4.69, 9.17) is 16.2 Å². The predicted octanol–water partition coefficient (Wildman–Crippen LogP) is 2.62. The molecule has 0 spiro atoms. The van der Waals surface area contributed by atoms with Crippen molar-refractivity contribution in [2.75, 3.05) is 6.26 Å². The van der Waals surface area contributed by atoms with Gasteiger partial charge in [0, 0.05) is 11.8 Å². The van der Waals surface area contributed by atoms with Crippen molar-refractivity contribution in [3.05, 3.63) is 53.1 Å². The predicted molar refractivity (Wildman–Crippen MR) is 95.9 cm³/mol. The molecule has 0 saturated heterocycles. The Morgan fingerprint density at radius 1 is 1.11 bits per heavy atom. The molecule has 0 aliphatic heterocycles. The van der Waals surface area contributed by atoms with Crippen molar-refractivity contribution in [2.24, 2.45) is 16.5 Å². The average molecular weight is 415 g/mol. The number of alkyl halides is 3. The molecule has 1 amide bonds. The summed E-state index contributed by atoms with van der Waals surface area (Å²) in [6.45, 7) is 1.50. The molecule has 2 aromatic rings. The van der Waals surface area contributed by atoms with Crippen LogP contribution in [0.15, 0.2) is 46.3 Å². The first-order valence-electron chi connectivity index (χ1n) is 7.63. The van der Waals surface area contributed by atoms with Crippen molar-refractivity contribution in [2.45, 2.75) is 18.0 Å². The third kappa shape index (κ3) is 5.00. The van der Waals surface area contributed by atoms with Crippen LogP contribution in [0, 0.1) is 6.92 Å². The molecular formula is C17H16F3N3O4S. The quantitative estimate of drug-likeness (QED) is 0.584. The summed E-state index contributed by atoms with van der Waals surface area (Å²) in [4.78, 5) is 15.1. The van der Waals surface area contributed by atoms with Crippen molar-refractivity contribution >= 4 is 21.7 Å².